The van der Waals surface area contributed by atoms with E-state index in [1.54, 1.807) is 0 Å². The average molecular weight is 365 g/mol. The molecule has 2 aliphatic rings. The quantitative estimate of drug-likeness (QED) is 0.763. The van der Waals surface area contributed by atoms with Crippen molar-refractivity contribution < 1.29 is 9.53 Å². The van der Waals surface area contributed by atoms with Gasteiger partial charge in [0.05, 0.1) is 12.5 Å². The van der Waals surface area contributed by atoms with Gasteiger partial charge >= 0.3 is 5.97 Å². The number of piperazine rings is 1. The number of nitrogens with zero attached hydrogens (tertiary/aromatic N) is 3. The number of methoxy groups -OCH3 is 1. The fraction of sp³-hybridized carbons (Fsp3) is 0.455. The summed E-state index contributed by atoms with van der Waals surface area (Å²) in [6.45, 7) is 6.95. The smallest absolute Gasteiger partial charge is 0.316 e. The van der Waals surface area contributed by atoms with Gasteiger partial charge < -0.3 is 9.64 Å². The summed E-state index contributed by atoms with van der Waals surface area (Å²) in [5, 5.41) is 0. The molecule has 0 radical (unpaired) electrons. The molecule has 5 heteroatoms. The third-order valence-electron chi connectivity index (χ3n) is 6.05. The van der Waals surface area contributed by atoms with Crippen molar-refractivity contribution in [3.63, 3.8) is 0 Å². The summed E-state index contributed by atoms with van der Waals surface area (Å²) in [4.78, 5) is 21.9. The molecule has 1 aliphatic carbocycles. The highest BCUT2D eigenvalue weighted by Crippen LogP contribution is 2.55. The molecule has 142 valence electrons. The van der Waals surface area contributed by atoms with Crippen LogP contribution in [-0.4, -0.2) is 55.7 Å². The molecule has 2 atom stereocenters. The molecule has 2 fully saturated rings. The van der Waals surface area contributed by atoms with Gasteiger partial charge in [-0.1, -0.05) is 35.9 Å². The second kappa shape index (κ2) is 7.31. The maximum Gasteiger partial charge on any atom is 0.316 e. The SMILES string of the molecule is COC(=O)[C@]1(c2ccc(C)cc2)C[C@@H]1CN1CCN(c2ccccn2)CC1. The third kappa shape index (κ3) is 3.44. The maximum atomic E-state index is 12.6. The molecular weight excluding hydrogens is 338 g/mol. The van der Waals surface area contributed by atoms with Crippen LogP contribution in [0.15, 0.2) is 48.7 Å². The lowest BCUT2D eigenvalue weighted by atomic mass is 9.92. The summed E-state index contributed by atoms with van der Waals surface area (Å²) < 4.78 is 5.18. The molecule has 27 heavy (non-hydrogen) atoms. The van der Waals surface area contributed by atoms with Gasteiger partial charge in [-0.2, -0.15) is 0 Å². The number of aryl methyl sites for hydroxylation is 1. The summed E-state index contributed by atoms with van der Waals surface area (Å²) >= 11 is 0. The largest absolute Gasteiger partial charge is 0.468 e. The Kier molecular flexibility index (Phi) is 4.87. The van der Waals surface area contributed by atoms with E-state index in [2.05, 4.69) is 52.0 Å². The first-order valence-electron chi connectivity index (χ1n) is 9.67. The third-order valence-corrected chi connectivity index (χ3v) is 6.05. The molecule has 0 spiro atoms. The van der Waals surface area contributed by atoms with Crippen LogP contribution < -0.4 is 4.90 Å². The molecule has 0 unspecified atom stereocenters. The highest BCUT2D eigenvalue weighted by Gasteiger charge is 2.62. The van der Waals surface area contributed by atoms with Crippen molar-refractivity contribution in [2.24, 2.45) is 5.92 Å². The summed E-state index contributed by atoms with van der Waals surface area (Å²) in [6.07, 6.45) is 2.72. The van der Waals surface area contributed by atoms with Crippen LogP contribution >= 0.6 is 0 Å². The lowest BCUT2D eigenvalue weighted by molar-refractivity contribution is -0.144. The first-order valence-corrected chi connectivity index (χ1v) is 9.67. The van der Waals surface area contributed by atoms with Crippen molar-refractivity contribution in [2.45, 2.75) is 18.8 Å². The van der Waals surface area contributed by atoms with Crippen molar-refractivity contribution in [2.75, 3.05) is 44.7 Å². The van der Waals surface area contributed by atoms with Gasteiger partial charge in [0.15, 0.2) is 0 Å². The zero-order valence-corrected chi connectivity index (χ0v) is 16.1. The normalized spacial score (nSPS) is 25.3. The Morgan fingerprint density at radius 3 is 2.52 bits per heavy atom. The van der Waals surface area contributed by atoms with E-state index in [9.17, 15) is 4.79 Å². The van der Waals surface area contributed by atoms with Gasteiger partial charge in [0.25, 0.3) is 0 Å². The van der Waals surface area contributed by atoms with E-state index in [4.69, 9.17) is 4.74 Å². The summed E-state index contributed by atoms with van der Waals surface area (Å²) in [5.74, 6) is 1.28. The molecule has 1 aromatic heterocycles. The zero-order chi connectivity index (χ0) is 18.9. The van der Waals surface area contributed by atoms with Gasteiger partial charge in [0.1, 0.15) is 5.82 Å². The van der Waals surface area contributed by atoms with Crippen molar-refractivity contribution in [3.8, 4) is 0 Å². The molecule has 2 heterocycles. The van der Waals surface area contributed by atoms with Gasteiger partial charge in [-0.25, -0.2) is 4.98 Å². The molecule has 1 saturated carbocycles. The number of carbonyl (C=O) groups is 1. The van der Waals surface area contributed by atoms with Gasteiger partial charge in [-0.05, 0) is 37.0 Å². The fourth-order valence-corrected chi connectivity index (χ4v) is 4.32. The van der Waals surface area contributed by atoms with Gasteiger partial charge in [-0.15, -0.1) is 0 Å². The molecular formula is C22H27N3O2. The highest BCUT2D eigenvalue weighted by atomic mass is 16.5. The topological polar surface area (TPSA) is 45.7 Å². The number of ether oxygens (including phenoxy) is 1. The second-order valence-corrected chi connectivity index (χ2v) is 7.71. The molecule has 0 N–H and O–H groups in total. The van der Waals surface area contributed by atoms with E-state index >= 15 is 0 Å². The molecule has 2 aromatic rings. The second-order valence-electron chi connectivity index (χ2n) is 7.71. The van der Waals surface area contributed by atoms with Crippen LogP contribution in [0.2, 0.25) is 0 Å². The van der Waals surface area contributed by atoms with Gasteiger partial charge in [0.2, 0.25) is 0 Å². The molecule has 1 saturated heterocycles. The Morgan fingerprint density at radius 1 is 1.15 bits per heavy atom. The van der Waals surface area contributed by atoms with E-state index in [1.807, 2.05) is 18.3 Å². The van der Waals surface area contributed by atoms with E-state index < -0.39 is 5.41 Å². The number of carbonyl (C=O) groups excluding carboxylic acids is 1. The number of hydrogen-bond donors (Lipinski definition) is 0. The van der Waals surface area contributed by atoms with Crippen molar-refractivity contribution >= 4 is 11.8 Å². The Bertz CT molecular complexity index is 785. The van der Waals surface area contributed by atoms with Crippen LogP contribution in [0, 0.1) is 12.8 Å². The summed E-state index contributed by atoms with van der Waals surface area (Å²) in [7, 11) is 1.50. The van der Waals surface area contributed by atoms with Crippen LogP contribution in [0.1, 0.15) is 17.5 Å². The van der Waals surface area contributed by atoms with Gasteiger partial charge in [-0.3, -0.25) is 9.69 Å². The lowest BCUT2D eigenvalue weighted by Crippen LogP contribution is -2.47. The lowest BCUT2D eigenvalue weighted by Gasteiger charge is -2.35. The van der Waals surface area contributed by atoms with E-state index in [0.29, 0.717) is 5.92 Å². The summed E-state index contributed by atoms with van der Waals surface area (Å²) in [5.41, 5.74) is 1.85. The Morgan fingerprint density at radius 2 is 1.89 bits per heavy atom. The molecule has 1 aromatic carbocycles. The van der Waals surface area contributed by atoms with E-state index in [-0.39, 0.29) is 5.97 Å². The number of hydrogen-bond acceptors (Lipinski definition) is 5. The Labute approximate surface area is 161 Å². The van der Waals surface area contributed by atoms with E-state index in [1.165, 1.54) is 12.7 Å². The minimum absolute atomic E-state index is 0.0940. The van der Waals surface area contributed by atoms with Crippen LogP contribution in [0.3, 0.4) is 0 Å². The van der Waals surface area contributed by atoms with Crippen LogP contribution in [0.4, 0.5) is 5.82 Å². The van der Waals surface area contributed by atoms with Gasteiger partial charge in [0, 0.05) is 38.9 Å². The first kappa shape index (κ1) is 18.0. The van der Waals surface area contributed by atoms with E-state index in [0.717, 1.165) is 50.5 Å². The molecule has 0 bridgehead atoms. The number of anilines is 1. The number of aromatic nitrogens is 1. The minimum atomic E-state index is -0.458. The zero-order valence-electron chi connectivity index (χ0n) is 16.1. The van der Waals surface area contributed by atoms with Crippen molar-refractivity contribution in [1.82, 2.24) is 9.88 Å². The van der Waals surface area contributed by atoms with Crippen LogP contribution in [-0.2, 0) is 14.9 Å². The Balaban J connectivity index is 1.40. The predicted molar refractivity (Wildman–Crippen MR) is 106 cm³/mol. The average Bonchev–Trinajstić information content (AvgIpc) is 3.44. The predicted octanol–water partition coefficient (Wildman–Crippen LogP) is 2.64. The van der Waals surface area contributed by atoms with Crippen molar-refractivity contribution in [1.29, 1.82) is 0 Å². The number of pyridine rings is 1. The molecule has 0 amide bonds. The summed E-state index contributed by atoms with van der Waals surface area (Å²) in [6, 6.07) is 14.4. The minimum Gasteiger partial charge on any atom is -0.468 e. The number of esters is 1. The monoisotopic (exact) mass is 365 g/mol. The fourth-order valence-electron chi connectivity index (χ4n) is 4.32. The maximum absolute atomic E-state index is 12.6. The van der Waals surface area contributed by atoms with Crippen LogP contribution in [0.25, 0.3) is 0 Å². The number of rotatable bonds is 5. The molecule has 1 aliphatic heterocycles. The molecule has 4 rings (SSSR count). The van der Waals surface area contributed by atoms with Crippen molar-refractivity contribution in [3.05, 3.63) is 59.8 Å². The standard InChI is InChI=1S/C22H27N3O2/c1-17-6-8-18(9-7-17)22(21(26)27-2)15-19(22)16-24-11-13-25(14-12-24)20-5-3-4-10-23-20/h3-10,19H,11-16H2,1-2H3/t19-,22+/m1/s1. The molecule has 5 nitrogen and oxygen atoms in total. The first-order chi connectivity index (χ1) is 13.1. The van der Waals surface area contributed by atoms with Crippen LogP contribution in [0.5, 0.6) is 0 Å². The highest BCUT2D eigenvalue weighted by molar-refractivity contribution is 5.87. The Hall–Kier alpha value is -2.40. The number of benzene rings is 1.